The zero-order valence-electron chi connectivity index (χ0n) is 12.8. The molecule has 2 aliphatic rings. The number of aromatic nitrogens is 2. The lowest BCUT2D eigenvalue weighted by molar-refractivity contribution is -0.148. The highest BCUT2D eigenvalue weighted by atomic mass is 16.4. The maximum Gasteiger partial charge on any atom is 0.303 e. The summed E-state index contributed by atoms with van der Waals surface area (Å²) in [6.45, 7) is 1.72. The summed E-state index contributed by atoms with van der Waals surface area (Å²) >= 11 is 0. The molecule has 1 aromatic heterocycles. The Labute approximate surface area is 133 Å². The molecule has 0 saturated carbocycles. The minimum absolute atomic E-state index is 0.0557. The maximum absolute atomic E-state index is 12.8. The Hall–Kier alpha value is -2.38. The van der Waals surface area contributed by atoms with Gasteiger partial charge in [-0.2, -0.15) is 0 Å². The van der Waals surface area contributed by atoms with Crippen LogP contribution in [0.25, 0.3) is 0 Å². The van der Waals surface area contributed by atoms with E-state index in [4.69, 9.17) is 5.11 Å². The van der Waals surface area contributed by atoms with Gasteiger partial charge in [-0.05, 0) is 12.8 Å². The molecule has 23 heavy (non-hydrogen) atoms. The molecule has 0 aliphatic carbocycles. The number of carboxylic acids is 1. The summed E-state index contributed by atoms with van der Waals surface area (Å²) in [6, 6.07) is -0.579. The third-order valence-corrected chi connectivity index (χ3v) is 4.47. The normalized spacial score (nSPS) is 20.4. The van der Waals surface area contributed by atoms with Crippen molar-refractivity contribution in [1.82, 2.24) is 19.8 Å². The second-order valence-electron chi connectivity index (χ2n) is 6.00. The molecule has 0 spiro atoms. The molecular weight excluding hydrogens is 300 g/mol. The highest BCUT2D eigenvalue weighted by Gasteiger charge is 2.38. The third-order valence-electron chi connectivity index (χ3n) is 4.47. The number of fused-ring (bicyclic) bond motifs is 1. The first-order chi connectivity index (χ1) is 11.1. The van der Waals surface area contributed by atoms with Crippen molar-refractivity contribution in [3.05, 3.63) is 17.7 Å². The van der Waals surface area contributed by atoms with Gasteiger partial charge in [0, 0.05) is 25.9 Å². The first-order valence-electron chi connectivity index (χ1n) is 7.87. The first kappa shape index (κ1) is 15.5. The second kappa shape index (κ2) is 6.39. The standard InChI is InChI=1S/C15H20N4O4/c20-13(3-4-14(21)22)19-8-11-10(16-9-17-11)7-12(19)15(23)18-5-1-2-6-18/h9,12H,1-8H2,(H,16,17)(H,21,22)/t12-/m0/s1. The van der Waals surface area contributed by atoms with Gasteiger partial charge in [-0.1, -0.05) is 0 Å². The van der Waals surface area contributed by atoms with E-state index < -0.39 is 12.0 Å². The number of carboxylic acid groups (broad SMARTS) is 1. The molecule has 1 fully saturated rings. The summed E-state index contributed by atoms with van der Waals surface area (Å²) in [5, 5.41) is 8.77. The SMILES string of the molecule is O=C(O)CCC(=O)N1Cc2[nH]cnc2C[C@H]1C(=O)N1CCCC1. The molecule has 8 nitrogen and oxygen atoms in total. The number of hydrogen-bond donors (Lipinski definition) is 2. The Kier molecular flexibility index (Phi) is 4.31. The van der Waals surface area contributed by atoms with E-state index in [-0.39, 0.29) is 31.2 Å². The zero-order chi connectivity index (χ0) is 16.4. The van der Waals surface area contributed by atoms with Crippen molar-refractivity contribution in [3.8, 4) is 0 Å². The van der Waals surface area contributed by atoms with Crippen molar-refractivity contribution in [2.45, 2.75) is 44.7 Å². The molecular formula is C15H20N4O4. The average molecular weight is 320 g/mol. The molecule has 0 radical (unpaired) electrons. The summed E-state index contributed by atoms with van der Waals surface area (Å²) in [5.41, 5.74) is 1.63. The molecule has 8 heteroatoms. The number of hydrogen-bond acceptors (Lipinski definition) is 4. The van der Waals surface area contributed by atoms with E-state index in [0.717, 1.165) is 37.3 Å². The van der Waals surface area contributed by atoms with Crippen LogP contribution in [0.5, 0.6) is 0 Å². The quantitative estimate of drug-likeness (QED) is 0.821. The summed E-state index contributed by atoms with van der Waals surface area (Å²) in [7, 11) is 0. The van der Waals surface area contributed by atoms with E-state index >= 15 is 0 Å². The van der Waals surface area contributed by atoms with E-state index in [0.29, 0.717) is 6.42 Å². The van der Waals surface area contributed by atoms with Crippen molar-refractivity contribution in [2.75, 3.05) is 13.1 Å². The summed E-state index contributed by atoms with van der Waals surface area (Å²) in [5.74, 6) is -1.37. The number of carbonyl (C=O) groups is 3. The molecule has 1 atom stereocenters. The van der Waals surface area contributed by atoms with Gasteiger partial charge < -0.3 is 19.9 Å². The molecule has 2 amide bonds. The topological polar surface area (TPSA) is 107 Å². The van der Waals surface area contributed by atoms with E-state index in [1.807, 2.05) is 0 Å². The first-order valence-corrected chi connectivity index (χ1v) is 7.87. The summed E-state index contributed by atoms with van der Waals surface area (Å²) < 4.78 is 0. The van der Waals surface area contributed by atoms with Crippen molar-refractivity contribution >= 4 is 17.8 Å². The third kappa shape index (κ3) is 3.20. The maximum atomic E-state index is 12.8. The minimum atomic E-state index is -1.01. The minimum Gasteiger partial charge on any atom is -0.481 e. The molecule has 0 unspecified atom stereocenters. The number of nitrogens with one attached hydrogen (secondary N) is 1. The number of carbonyl (C=O) groups excluding carboxylic acids is 2. The number of aromatic amines is 1. The van der Waals surface area contributed by atoms with E-state index in [9.17, 15) is 14.4 Å². The molecule has 0 aromatic carbocycles. The number of aliphatic carboxylic acids is 1. The van der Waals surface area contributed by atoms with Gasteiger partial charge in [0.25, 0.3) is 0 Å². The van der Waals surface area contributed by atoms with Gasteiger partial charge in [0.15, 0.2) is 0 Å². The molecule has 1 saturated heterocycles. The molecule has 3 heterocycles. The van der Waals surface area contributed by atoms with Crippen LogP contribution < -0.4 is 0 Å². The molecule has 3 rings (SSSR count). The summed E-state index contributed by atoms with van der Waals surface area (Å²) in [4.78, 5) is 46.4. The van der Waals surface area contributed by atoms with Crippen LogP contribution >= 0.6 is 0 Å². The lowest BCUT2D eigenvalue weighted by Crippen LogP contribution is -2.53. The largest absolute Gasteiger partial charge is 0.481 e. The number of H-pyrrole nitrogens is 1. The van der Waals surface area contributed by atoms with Gasteiger partial charge >= 0.3 is 5.97 Å². The van der Waals surface area contributed by atoms with Crippen LogP contribution in [0.2, 0.25) is 0 Å². The van der Waals surface area contributed by atoms with Crippen LogP contribution in [0.15, 0.2) is 6.33 Å². The number of rotatable bonds is 4. The van der Waals surface area contributed by atoms with Gasteiger partial charge in [-0.3, -0.25) is 14.4 Å². The number of nitrogens with zero attached hydrogens (tertiary/aromatic N) is 3. The zero-order valence-corrected chi connectivity index (χ0v) is 12.8. The number of imidazole rings is 1. The summed E-state index contributed by atoms with van der Waals surface area (Å²) in [6.07, 6.45) is 3.59. The highest BCUT2D eigenvalue weighted by molar-refractivity contribution is 5.89. The Morgan fingerprint density at radius 1 is 1.26 bits per heavy atom. The van der Waals surface area contributed by atoms with Gasteiger partial charge in [0.05, 0.1) is 30.7 Å². The number of amides is 2. The van der Waals surface area contributed by atoms with Gasteiger partial charge in [-0.15, -0.1) is 0 Å². The lowest BCUT2D eigenvalue weighted by Gasteiger charge is -2.36. The average Bonchev–Trinajstić information content (AvgIpc) is 3.21. The van der Waals surface area contributed by atoms with Gasteiger partial charge in [0.2, 0.25) is 11.8 Å². The van der Waals surface area contributed by atoms with Crippen LogP contribution in [0, 0.1) is 0 Å². The Bertz CT molecular complexity index is 621. The van der Waals surface area contributed by atoms with Crippen molar-refractivity contribution in [1.29, 1.82) is 0 Å². The Balaban J connectivity index is 1.79. The number of likely N-dealkylation sites (tertiary alicyclic amines) is 1. The van der Waals surface area contributed by atoms with Crippen LogP contribution in [-0.2, 0) is 27.3 Å². The monoisotopic (exact) mass is 320 g/mol. The molecule has 0 bridgehead atoms. The lowest BCUT2D eigenvalue weighted by atomic mass is 10.0. The van der Waals surface area contributed by atoms with E-state index in [2.05, 4.69) is 9.97 Å². The predicted molar refractivity (Wildman–Crippen MR) is 79.3 cm³/mol. The van der Waals surface area contributed by atoms with Crippen molar-refractivity contribution < 1.29 is 19.5 Å². The fourth-order valence-corrected chi connectivity index (χ4v) is 3.22. The fraction of sp³-hybridized carbons (Fsp3) is 0.600. The fourth-order valence-electron chi connectivity index (χ4n) is 3.22. The van der Waals surface area contributed by atoms with Crippen LogP contribution in [0.3, 0.4) is 0 Å². The van der Waals surface area contributed by atoms with Gasteiger partial charge in [-0.25, -0.2) is 4.98 Å². The van der Waals surface area contributed by atoms with Crippen LogP contribution in [0.1, 0.15) is 37.1 Å². The van der Waals surface area contributed by atoms with Crippen LogP contribution in [0.4, 0.5) is 0 Å². The molecule has 124 valence electrons. The molecule has 2 aliphatic heterocycles. The smallest absolute Gasteiger partial charge is 0.303 e. The Morgan fingerprint density at radius 3 is 2.70 bits per heavy atom. The molecule has 2 N–H and O–H groups in total. The van der Waals surface area contributed by atoms with Crippen LogP contribution in [-0.4, -0.2) is 61.8 Å². The molecule has 1 aromatic rings. The van der Waals surface area contributed by atoms with Gasteiger partial charge in [0.1, 0.15) is 6.04 Å². The highest BCUT2D eigenvalue weighted by Crippen LogP contribution is 2.24. The van der Waals surface area contributed by atoms with E-state index in [1.165, 1.54) is 4.90 Å². The second-order valence-corrected chi connectivity index (χ2v) is 6.00. The predicted octanol–water partition coefficient (Wildman–Crippen LogP) is 0.150. The van der Waals surface area contributed by atoms with Crippen molar-refractivity contribution in [2.24, 2.45) is 0 Å². The van der Waals surface area contributed by atoms with E-state index in [1.54, 1.807) is 11.2 Å². The Morgan fingerprint density at radius 2 is 2.00 bits per heavy atom. The van der Waals surface area contributed by atoms with Crippen molar-refractivity contribution in [3.63, 3.8) is 0 Å².